The molecule has 1 aromatic rings. The van der Waals surface area contributed by atoms with Crippen LogP contribution < -0.4 is 11.1 Å². The Hall–Kier alpha value is -1.40. The summed E-state index contributed by atoms with van der Waals surface area (Å²) in [6, 6.07) is -0.365. The van der Waals surface area contributed by atoms with Crippen molar-refractivity contribution < 1.29 is 4.79 Å². The maximum atomic E-state index is 11.7. The van der Waals surface area contributed by atoms with Crippen molar-refractivity contribution in [2.45, 2.75) is 19.9 Å². The van der Waals surface area contributed by atoms with Gasteiger partial charge in [0.2, 0.25) is 5.91 Å². The second-order valence-corrected chi connectivity index (χ2v) is 4.44. The highest BCUT2D eigenvalue weighted by Crippen LogP contribution is 2.25. The van der Waals surface area contributed by atoms with Crippen LogP contribution in [0.1, 0.15) is 23.0 Å². The number of carbonyl (C=O) groups excluding carboxylic acids is 1. The summed E-state index contributed by atoms with van der Waals surface area (Å²) >= 11 is 0. The highest BCUT2D eigenvalue weighted by Gasteiger charge is 2.30. The monoisotopic (exact) mass is 237 g/mol. The van der Waals surface area contributed by atoms with Crippen molar-refractivity contribution in [2.75, 3.05) is 26.2 Å². The molecule has 6 nitrogen and oxygen atoms in total. The van der Waals surface area contributed by atoms with Gasteiger partial charge in [-0.2, -0.15) is 5.10 Å². The molecule has 6 heteroatoms. The molecule has 0 aliphatic carbocycles. The Kier molecular flexibility index (Phi) is 3.44. The number of primary amides is 1. The van der Waals surface area contributed by atoms with Gasteiger partial charge >= 0.3 is 0 Å². The zero-order valence-corrected chi connectivity index (χ0v) is 10.3. The van der Waals surface area contributed by atoms with Gasteiger partial charge in [-0.15, -0.1) is 0 Å². The van der Waals surface area contributed by atoms with E-state index in [9.17, 15) is 4.79 Å². The van der Waals surface area contributed by atoms with Crippen LogP contribution in [0.25, 0.3) is 0 Å². The average Bonchev–Trinajstić information content (AvgIpc) is 2.62. The molecule has 0 saturated carbocycles. The summed E-state index contributed by atoms with van der Waals surface area (Å²) in [6.07, 6.45) is 0. The molecule has 1 aliphatic heterocycles. The number of H-pyrrole nitrogens is 1. The quantitative estimate of drug-likeness (QED) is 0.659. The third-order valence-electron chi connectivity index (χ3n) is 3.24. The SMILES string of the molecule is Cc1n[nH]c(C)c1C(C(N)=O)N1CCNCC1. The Labute approximate surface area is 101 Å². The first-order valence-electron chi connectivity index (χ1n) is 5.87. The lowest BCUT2D eigenvalue weighted by atomic mass is 10.0. The van der Waals surface area contributed by atoms with E-state index < -0.39 is 0 Å². The molecule has 0 spiro atoms. The van der Waals surface area contributed by atoms with E-state index in [0.29, 0.717) is 0 Å². The second-order valence-electron chi connectivity index (χ2n) is 4.44. The summed E-state index contributed by atoms with van der Waals surface area (Å²) in [5.74, 6) is -0.306. The van der Waals surface area contributed by atoms with Gasteiger partial charge in [-0.3, -0.25) is 14.8 Å². The molecule has 1 fully saturated rings. The van der Waals surface area contributed by atoms with Gasteiger partial charge in [0, 0.05) is 37.4 Å². The number of rotatable bonds is 3. The number of nitrogens with one attached hydrogen (secondary N) is 2. The van der Waals surface area contributed by atoms with Crippen LogP contribution in [-0.4, -0.2) is 47.2 Å². The van der Waals surface area contributed by atoms with Gasteiger partial charge in [-0.1, -0.05) is 0 Å². The lowest BCUT2D eigenvalue weighted by Crippen LogP contribution is -2.48. The molecular formula is C11H19N5O. The highest BCUT2D eigenvalue weighted by molar-refractivity contribution is 5.82. The van der Waals surface area contributed by atoms with Crippen molar-refractivity contribution in [3.63, 3.8) is 0 Å². The number of amides is 1. The van der Waals surface area contributed by atoms with E-state index in [0.717, 1.165) is 43.1 Å². The van der Waals surface area contributed by atoms with Gasteiger partial charge in [-0.05, 0) is 13.8 Å². The van der Waals surface area contributed by atoms with Crippen LogP contribution in [0.4, 0.5) is 0 Å². The summed E-state index contributed by atoms with van der Waals surface area (Å²) in [6.45, 7) is 7.26. The Morgan fingerprint density at radius 1 is 1.41 bits per heavy atom. The molecule has 2 rings (SSSR count). The number of hydrogen-bond acceptors (Lipinski definition) is 4. The average molecular weight is 237 g/mol. The zero-order valence-electron chi connectivity index (χ0n) is 10.3. The van der Waals surface area contributed by atoms with Crippen LogP contribution in [0.15, 0.2) is 0 Å². The van der Waals surface area contributed by atoms with E-state index in [4.69, 9.17) is 5.73 Å². The van der Waals surface area contributed by atoms with E-state index in [2.05, 4.69) is 20.4 Å². The Morgan fingerprint density at radius 3 is 2.53 bits per heavy atom. The topological polar surface area (TPSA) is 87.0 Å². The molecule has 94 valence electrons. The van der Waals surface area contributed by atoms with Crippen LogP contribution in [0.2, 0.25) is 0 Å². The van der Waals surface area contributed by atoms with E-state index in [1.165, 1.54) is 0 Å². The van der Waals surface area contributed by atoms with Crippen molar-refractivity contribution in [2.24, 2.45) is 5.73 Å². The molecule has 4 N–H and O–H groups in total. The standard InChI is InChI=1S/C11H19N5O/c1-7-9(8(2)15-14-7)10(11(12)17)16-5-3-13-4-6-16/h10,13H,3-6H2,1-2H3,(H2,12,17)(H,14,15). The predicted octanol–water partition coefficient (Wildman–Crippen LogP) is -0.542. The lowest BCUT2D eigenvalue weighted by Gasteiger charge is -2.33. The van der Waals surface area contributed by atoms with Crippen LogP contribution >= 0.6 is 0 Å². The molecule has 17 heavy (non-hydrogen) atoms. The van der Waals surface area contributed by atoms with Gasteiger partial charge in [0.25, 0.3) is 0 Å². The summed E-state index contributed by atoms with van der Waals surface area (Å²) in [5.41, 5.74) is 8.26. The fourth-order valence-corrected chi connectivity index (χ4v) is 2.41. The molecule has 1 atom stereocenters. The van der Waals surface area contributed by atoms with Crippen molar-refractivity contribution in [3.05, 3.63) is 17.0 Å². The van der Waals surface area contributed by atoms with Gasteiger partial charge in [0.15, 0.2) is 0 Å². The summed E-state index contributed by atoms with van der Waals surface area (Å²) < 4.78 is 0. The number of nitrogens with two attached hydrogens (primary N) is 1. The molecule has 0 radical (unpaired) electrons. The molecule has 1 aromatic heterocycles. The number of nitrogens with zero attached hydrogens (tertiary/aromatic N) is 2. The Bertz CT molecular complexity index is 388. The van der Waals surface area contributed by atoms with Gasteiger partial charge in [-0.25, -0.2) is 0 Å². The van der Waals surface area contributed by atoms with E-state index in [-0.39, 0.29) is 11.9 Å². The fourth-order valence-electron chi connectivity index (χ4n) is 2.41. The zero-order chi connectivity index (χ0) is 12.4. The second kappa shape index (κ2) is 4.85. The van der Waals surface area contributed by atoms with E-state index in [1.54, 1.807) is 0 Å². The lowest BCUT2D eigenvalue weighted by molar-refractivity contribution is -0.123. The van der Waals surface area contributed by atoms with E-state index in [1.807, 2.05) is 13.8 Å². The van der Waals surface area contributed by atoms with Gasteiger partial charge < -0.3 is 11.1 Å². The third-order valence-corrected chi connectivity index (χ3v) is 3.24. The smallest absolute Gasteiger partial charge is 0.239 e. The Morgan fingerprint density at radius 2 is 2.06 bits per heavy atom. The Balaban J connectivity index is 2.31. The highest BCUT2D eigenvalue weighted by atomic mass is 16.1. The fraction of sp³-hybridized carbons (Fsp3) is 0.636. The maximum absolute atomic E-state index is 11.7. The van der Waals surface area contributed by atoms with Crippen molar-refractivity contribution >= 4 is 5.91 Å². The number of aryl methyl sites for hydroxylation is 2. The molecular weight excluding hydrogens is 218 g/mol. The van der Waals surface area contributed by atoms with E-state index >= 15 is 0 Å². The van der Waals surface area contributed by atoms with Crippen LogP contribution in [0.3, 0.4) is 0 Å². The normalized spacial score (nSPS) is 19.2. The predicted molar refractivity (Wildman–Crippen MR) is 64.4 cm³/mol. The minimum atomic E-state index is -0.365. The number of carbonyl (C=O) groups is 1. The molecule has 0 aromatic carbocycles. The summed E-state index contributed by atoms with van der Waals surface area (Å²) in [4.78, 5) is 13.8. The molecule has 2 heterocycles. The minimum Gasteiger partial charge on any atom is -0.368 e. The number of aromatic amines is 1. The molecule has 1 aliphatic rings. The third kappa shape index (κ3) is 2.32. The van der Waals surface area contributed by atoms with Crippen LogP contribution in [0.5, 0.6) is 0 Å². The summed E-state index contributed by atoms with van der Waals surface area (Å²) in [5, 5.41) is 10.3. The van der Waals surface area contributed by atoms with Crippen LogP contribution in [0, 0.1) is 13.8 Å². The van der Waals surface area contributed by atoms with Crippen molar-refractivity contribution in [3.8, 4) is 0 Å². The minimum absolute atomic E-state index is 0.306. The first-order valence-corrected chi connectivity index (χ1v) is 5.87. The van der Waals surface area contributed by atoms with Crippen LogP contribution in [-0.2, 0) is 4.79 Å². The van der Waals surface area contributed by atoms with Gasteiger partial charge in [0.1, 0.15) is 6.04 Å². The molecule has 1 amide bonds. The first kappa shape index (κ1) is 12.1. The molecule has 1 saturated heterocycles. The summed E-state index contributed by atoms with van der Waals surface area (Å²) in [7, 11) is 0. The molecule has 1 unspecified atom stereocenters. The van der Waals surface area contributed by atoms with Crippen molar-refractivity contribution in [1.82, 2.24) is 20.4 Å². The number of piperazine rings is 1. The molecule has 0 bridgehead atoms. The maximum Gasteiger partial charge on any atom is 0.239 e. The number of hydrogen-bond donors (Lipinski definition) is 3. The largest absolute Gasteiger partial charge is 0.368 e. The van der Waals surface area contributed by atoms with Crippen molar-refractivity contribution in [1.29, 1.82) is 0 Å². The first-order chi connectivity index (χ1) is 8.11. The van der Waals surface area contributed by atoms with Gasteiger partial charge in [0.05, 0.1) is 5.69 Å². The number of aromatic nitrogens is 2.